The molecule has 0 aromatic heterocycles. The summed E-state index contributed by atoms with van der Waals surface area (Å²) in [4.78, 5) is 13.7. The molecular weight excluding hydrogens is 240 g/mol. The molecule has 0 saturated heterocycles. The summed E-state index contributed by atoms with van der Waals surface area (Å²) in [5.74, 6) is 0.145. The van der Waals surface area contributed by atoms with E-state index in [2.05, 4.69) is 0 Å². The minimum absolute atomic E-state index is 0.145. The van der Waals surface area contributed by atoms with E-state index in [1.165, 1.54) is 0 Å². The maximum atomic E-state index is 11.9. The Balaban J connectivity index is 2.45. The van der Waals surface area contributed by atoms with Gasteiger partial charge in [0.05, 0.1) is 0 Å². The molecular formula is C15H24N2O2. The van der Waals surface area contributed by atoms with Gasteiger partial charge in [-0.1, -0.05) is 24.3 Å². The number of ether oxygens (including phenoxy) is 1. The lowest BCUT2D eigenvalue weighted by Crippen LogP contribution is -2.26. The van der Waals surface area contributed by atoms with Crippen LogP contribution in [0.25, 0.3) is 0 Å². The van der Waals surface area contributed by atoms with Crippen molar-refractivity contribution in [1.82, 2.24) is 4.90 Å². The van der Waals surface area contributed by atoms with Crippen LogP contribution in [0.4, 0.5) is 0 Å². The van der Waals surface area contributed by atoms with E-state index in [1.54, 1.807) is 4.90 Å². The zero-order valence-electron chi connectivity index (χ0n) is 11.9. The van der Waals surface area contributed by atoms with Gasteiger partial charge >= 0.3 is 0 Å². The number of amides is 1. The van der Waals surface area contributed by atoms with Crippen LogP contribution in [0.3, 0.4) is 0 Å². The number of nitrogens with two attached hydrogens (primary N) is 1. The van der Waals surface area contributed by atoms with Crippen LogP contribution >= 0.6 is 0 Å². The Morgan fingerprint density at radius 1 is 1.32 bits per heavy atom. The average molecular weight is 264 g/mol. The van der Waals surface area contributed by atoms with Gasteiger partial charge in [-0.15, -0.1) is 0 Å². The predicted molar refractivity (Wildman–Crippen MR) is 76.5 cm³/mol. The lowest BCUT2D eigenvalue weighted by atomic mass is 10.1. The Labute approximate surface area is 115 Å². The third-order valence-electron chi connectivity index (χ3n) is 3.06. The molecule has 4 nitrogen and oxygen atoms in total. The summed E-state index contributed by atoms with van der Waals surface area (Å²) in [5.41, 5.74) is 7.91. The van der Waals surface area contributed by atoms with Gasteiger partial charge in [0.15, 0.2) is 0 Å². The second kappa shape index (κ2) is 8.67. The minimum atomic E-state index is 0.145. The molecule has 0 aliphatic carbocycles. The number of nitrogens with zero attached hydrogens (tertiary/aromatic N) is 1. The van der Waals surface area contributed by atoms with E-state index in [1.807, 2.05) is 38.2 Å². The number of benzene rings is 1. The van der Waals surface area contributed by atoms with E-state index < -0.39 is 0 Å². The molecule has 0 radical (unpaired) electrons. The molecule has 1 aromatic carbocycles. The Morgan fingerprint density at radius 3 is 2.63 bits per heavy atom. The van der Waals surface area contributed by atoms with E-state index in [9.17, 15) is 4.79 Å². The summed E-state index contributed by atoms with van der Waals surface area (Å²) in [6, 6.07) is 7.96. The van der Waals surface area contributed by atoms with Crippen molar-refractivity contribution in [1.29, 1.82) is 0 Å². The third-order valence-corrected chi connectivity index (χ3v) is 3.06. The third kappa shape index (κ3) is 5.41. The number of hydrogen-bond donors (Lipinski definition) is 1. The zero-order chi connectivity index (χ0) is 14.1. The Hall–Kier alpha value is -1.39. The first-order valence-electron chi connectivity index (χ1n) is 6.77. The quantitative estimate of drug-likeness (QED) is 0.730. The highest BCUT2D eigenvalue weighted by Gasteiger charge is 2.10. The topological polar surface area (TPSA) is 55.6 Å². The second-order valence-electron chi connectivity index (χ2n) is 4.52. The molecule has 0 saturated carbocycles. The van der Waals surface area contributed by atoms with Crippen LogP contribution in [0, 0.1) is 0 Å². The van der Waals surface area contributed by atoms with Gasteiger partial charge in [0.1, 0.15) is 0 Å². The van der Waals surface area contributed by atoms with Gasteiger partial charge in [-0.05, 0) is 24.5 Å². The van der Waals surface area contributed by atoms with Gasteiger partial charge in [-0.3, -0.25) is 4.79 Å². The lowest BCUT2D eigenvalue weighted by Gasteiger charge is -2.19. The van der Waals surface area contributed by atoms with E-state index in [0.29, 0.717) is 32.7 Å². The molecule has 2 N–H and O–H groups in total. The monoisotopic (exact) mass is 264 g/mol. The van der Waals surface area contributed by atoms with Crippen LogP contribution in [0.1, 0.15) is 30.9 Å². The number of hydrogen-bond acceptors (Lipinski definition) is 3. The van der Waals surface area contributed by atoms with Crippen molar-refractivity contribution in [3.05, 3.63) is 35.4 Å². The van der Waals surface area contributed by atoms with Crippen molar-refractivity contribution in [3.8, 4) is 0 Å². The minimum Gasteiger partial charge on any atom is -0.382 e. The van der Waals surface area contributed by atoms with Crippen LogP contribution in [0.15, 0.2) is 24.3 Å². The van der Waals surface area contributed by atoms with Gasteiger partial charge in [-0.25, -0.2) is 0 Å². The molecule has 0 bridgehead atoms. The molecule has 0 aliphatic heterocycles. The summed E-state index contributed by atoms with van der Waals surface area (Å²) in [6.07, 6.45) is 1.30. The second-order valence-corrected chi connectivity index (χ2v) is 4.52. The first kappa shape index (κ1) is 15.7. The SMILES string of the molecule is CCOCCCC(=O)N(C)Cc1ccccc1CN. The first-order valence-corrected chi connectivity index (χ1v) is 6.77. The van der Waals surface area contributed by atoms with Crippen molar-refractivity contribution in [2.45, 2.75) is 32.9 Å². The molecule has 0 fully saturated rings. The smallest absolute Gasteiger partial charge is 0.222 e. The van der Waals surface area contributed by atoms with Gasteiger partial charge in [0.2, 0.25) is 5.91 Å². The van der Waals surface area contributed by atoms with Crippen molar-refractivity contribution >= 4 is 5.91 Å². The number of carbonyl (C=O) groups excluding carboxylic acids is 1. The van der Waals surface area contributed by atoms with Gasteiger partial charge in [-0.2, -0.15) is 0 Å². The van der Waals surface area contributed by atoms with E-state index >= 15 is 0 Å². The highest BCUT2D eigenvalue weighted by atomic mass is 16.5. The molecule has 0 spiro atoms. The summed E-state index contributed by atoms with van der Waals surface area (Å²) in [5, 5.41) is 0. The highest BCUT2D eigenvalue weighted by Crippen LogP contribution is 2.11. The van der Waals surface area contributed by atoms with Crippen LogP contribution in [0.2, 0.25) is 0 Å². The number of carbonyl (C=O) groups is 1. The fourth-order valence-corrected chi connectivity index (χ4v) is 1.92. The Kier molecular flexibility index (Phi) is 7.15. The maximum Gasteiger partial charge on any atom is 0.222 e. The zero-order valence-corrected chi connectivity index (χ0v) is 11.9. The van der Waals surface area contributed by atoms with Gasteiger partial charge in [0, 0.05) is 39.8 Å². The fraction of sp³-hybridized carbons (Fsp3) is 0.533. The molecule has 1 amide bonds. The summed E-state index contributed by atoms with van der Waals surface area (Å²) < 4.78 is 5.23. The lowest BCUT2D eigenvalue weighted by molar-refractivity contribution is -0.130. The normalized spacial score (nSPS) is 10.5. The van der Waals surface area contributed by atoms with Crippen LogP contribution in [0.5, 0.6) is 0 Å². The molecule has 0 aliphatic rings. The fourth-order valence-electron chi connectivity index (χ4n) is 1.92. The van der Waals surface area contributed by atoms with Crippen molar-refractivity contribution in [3.63, 3.8) is 0 Å². The Morgan fingerprint density at radius 2 is 2.00 bits per heavy atom. The van der Waals surface area contributed by atoms with Gasteiger partial charge in [0.25, 0.3) is 0 Å². The molecule has 106 valence electrons. The van der Waals surface area contributed by atoms with Gasteiger partial charge < -0.3 is 15.4 Å². The van der Waals surface area contributed by atoms with E-state index in [0.717, 1.165) is 17.5 Å². The van der Waals surface area contributed by atoms with E-state index in [-0.39, 0.29) is 5.91 Å². The molecule has 0 unspecified atom stereocenters. The van der Waals surface area contributed by atoms with Crippen LogP contribution in [-0.4, -0.2) is 31.1 Å². The molecule has 4 heteroatoms. The standard InChI is InChI=1S/C15H24N2O2/c1-3-19-10-6-9-15(18)17(2)12-14-8-5-4-7-13(14)11-16/h4-5,7-8H,3,6,9-12,16H2,1-2H3. The molecule has 19 heavy (non-hydrogen) atoms. The van der Waals surface area contributed by atoms with E-state index in [4.69, 9.17) is 10.5 Å². The predicted octanol–water partition coefficient (Wildman–Crippen LogP) is 1.92. The highest BCUT2D eigenvalue weighted by molar-refractivity contribution is 5.75. The van der Waals surface area contributed by atoms with Crippen molar-refractivity contribution in [2.24, 2.45) is 5.73 Å². The average Bonchev–Trinajstić information content (AvgIpc) is 2.44. The summed E-state index contributed by atoms with van der Waals surface area (Å²) in [6.45, 7) is 4.42. The molecule has 1 aromatic rings. The van der Waals surface area contributed by atoms with Crippen molar-refractivity contribution < 1.29 is 9.53 Å². The summed E-state index contributed by atoms with van der Waals surface area (Å²) in [7, 11) is 1.83. The van der Waals surface area contributed by atoms with Crippen LogP contribution < -0.4 is 5.73 Å². The van der Waals surface area contributed by atoms with Crippen LogP contribution in [-0.2, 0) is 22.6 Å². The Bertz CT molecular complexity index is 393. The van der Waals surface area contributed by atoms with Crippen molar-refractivity contribution in [2.75, 3.05) is 20.3 Å². The number of rotatable bonds is 8. The molecule has 0 atom stereocenters. The largest absolute Gasteiger partial charge is 0.382 e. The first-order chi connectivity index (χ1) is 9.19. The maximum absolute atomic E-state index is 11.9. The molecule has 1 rings (SSSR count). The molecule has 0 heterocycles. The summed E-state index contributed by atoms with van der Waals surface area (Å²) >= 11 is 0.